The predicted molar refractivity (Wildman–Crippen MR) is 174 cm³/mol. The predicted octanol–water partition coefficient (Wildman–Crippen LogP) is -1.06. The monoisotopic (exact) mass is 705 g/mol. The van der Waals surface area contributed by atoms with Gasteiger partial charge in [-0.15, -0.1) is 0 Å². The van der Waals surface area contributed by atoms with Gasteiger partial charge in [0, 0.05) is 12.8 Å². The van der Waals surface area contributed by atoms with Crippen LogP contribution >= 0.6 is 11.8 Å². The summed E-state index contributed by atoms with van der Waals surface area (Å²) in [4.78, 5) is 87.1. The standard InChI is InChI=1S/C31H39N5O12S/c1-49-11-10-21(28(44)36-24(31(47)48)15-26(41)42)33-29(45)23(13-17-4-8-19(38)9-5-17)35-30(46)22(12-16-2-6-18(37)7-3-16)34-27(43)20(32)14-25(39)40/h2-9,20-24,37-38H,10-15,32H2,1H3,(H,33,45)(H,34,43)(H,35,46)(H,36,44)(H,39,40)(H,41,42)(H,47,48)/t20-,21-,22-,23-,24-/m0/s1. The number of carbonyl (C=O) groups excluding carboxylic acids is 4. The Hall–Kier alpha value is -5.36. The molecule has 0 aliphatic carbocycles. The molecule has 5 atom stereocenters. The Labute approximate surface area is 284 Å². The van der Waals surface area contributed by atoms with Crippen molar-refractivity contribution in [2.24, 2.45) is 5.73 Å². The molecule has 18 heteroatoms. The molecule has 0 bridgehead atoms. The molecular formula is C31H39N5O12S. The molecule has 0 aliphatic heterocycles. The lowest BCUT2D eigenvalue weighted by Gasteiger charge is -2.26. The minimum atomic E-state index is -1.79. The van der Waals surface area contributed by atoms with Crippen molar-refractivity contribution in [2.45, 2.75) is 62.3 Å². The highest BCUT2D eigenvalue weighted by atomic mass is 32.2. The number of hydrogen-bond acceptors (Lipinski definition) is 11. The molecule has 17 nitrogen and oxygen atoms in total. The zero-order valence-corrected chi connectivity index (χ0v) is 27.1. The maximum Gasteiger partial charge on any atom is 0.326 e. The zero-order chi connectivity index (χ0) is 36.7. The fraction of sp³-hybridized carbons (Fsp3) is 0.387. The molecule has 0 saturated carbocycles. The van der Waals surface area contributed by atoms with E-state index in [1.54, 1.807) is 6.26 Å². The van der Waals surface area contributed by atoms with Gasteiger partial charge in [0.15, 0.2) is 0 Å². The van der Waals surface area contributed by atoms with E-state index in [1.807, 2.05) is 0 Å². The molecular weight excluding hydrogens is 666 g/mol. The van der Waals surface area contributed by atoms with Crippen molar-refractivity contribution in [1.29, 1.82) is 0 Å². The summed E-state index contributed by atoms with van der Waals surface area (Å²) >= 11 is 1.31. The van der Waals surface area contributed by atoms with Gasteiger partial charge < -0.3 is 52.5 Å². The molecule has 49 heavy (non-hydrogen) atoms. The van der Waals surface area contributed by atoms with Gasteiger partial charge in [0.2, 0.25) is 23.6 Å². The second kappa shape index (κ2) is 19.5. The molecule has 11 N–H and O–H groups in total. The molecule has 0 radical (unpaired) electrons. The van der Waals surface area contributed by atoms with Crippen molar-refractivity contribution in [3.05, 3.63) is 59.7 Å². The van der Waals surface area contributed by atoms with Gasteiger partial charge in [0.25, 0.3) is 0 Å². The van der Waals surface area contributed by atoms with Crippen LogP contribution in [0, 0.1) is 0 Å². The Bertz CT molecular complexity index is 1490. The lowest BCUT2D eigenvalue weighted by atomic mass is 10.0. The number of rotatable bonds is 20. The van der Waals surface area contributed by atoms with Crippen molar-refractivity contribution in [3.63, 3.8) is 0 Å². The number of aliphatic carboxylic acids is 3. The Balaban J connectivity index is 2.41. The zero-order valence-electron chi connectivity index (χ0n) is 26.3. The largest absolute Gasteiger partial charge is 0.508 e. The molecule has 0 aliphatic rings. The second-order valence-electron chi connectivity index (χ2n) is 10.9. The van der Waals surface area contributed by atoms with Crippen molar-refractivity contribution < 1.29 is 59.1 Å². The highest BCUT2D eigenvalue weighted by molar-refractivity contribution is 7.98. The minimum Gasteiger partial charge on any atom is -0.508 e. The molecule has 0 fully saturated rings. The van der Waals surface area contributed by atoms with E-state index >= 15 is 0 Å². The Morgan fingerprint density at radius 2 is 1.00 bits per heavy atom. The molecule has 0 heterocycles. The van der Waals surface area contributed by atoms with Crippen LogP contribution in [0.25, 0.3) is 0 Å². The summed E-state index contributed by atoms with van der Waals surface area (Å²) in [5.41, 5.74) is 6.62. The third kappa shape index (κ3) is 14.1. The average Bonchev–Trinajstić information content (AvgIpc) is 3.03. The van der Waals surface area contributed by atoms with E-state index in [4.69, 9.17) is 15.9 Å². The summed E-state index contributed by atoms with van der Waals surface area (Å²) in [6, 6.07) is 3.77. The molecule has 0 spiro atoms. The van der Waals surface area contributed by atoms with Gasteiger partial charge in [-0.3, -0.25) is 28.8 Å². The van der Waals surface area contributed by atoms with Crippen molar-refractivity contribution in [3.8, 4) is 11.5 Å². The van der Waals surface area contributed by atoms with Crippen LogP contribution in [0.2, 0.25) is 0 Å². The van der Waals surface area contributed by atoms with E-state index in [0.717, 1.165) is 0 Å². The number of phenolic OH excluding ortho intramolecular Hbond substituents is 2. The van der Waals surface area contributed by atoms with E-state index in [2.05, 4.69) is 21.3 Å². The van der Waals surface area contributed by atoms with Crippen molar-refractivity contribution in [1.82, 2.24) is 21.3 Å². The third-order valence-corrected chi connectivity index (χ3v) is 7.63. The van der Waals surface area contributed by atoms with Gasteiger partial charge in [0.1, 0.15) is 35.7 Å². The normalized spacial score (nSPS) is 13.8. The van der Waals surface area contributed by atoms with Crippen LogP contribution < -0.4 is 27.0 Å². The van der Waals surface area contributed by atoms with Gasteiger partial charge in [-0.1, -0.05) is 24.3 Å². The number of carbonyl (C=O) groups is 7. The van der Waals surface area contributed by atoms with Gasteiger partial charge in [0.05, 0.1) is 18.9 Å². The fourth-order valence-electron chi connectivity index (χ4n) is 4.41. The number of nitrogens with two attached hydrogens (primary N) is 1. The molecule has 2 aromatic carbocycles. The van der Waals surface area contributed by atoms with Crippen LogP contribution in [0.4, 0.5) is 0 Å². The molecule has 2 aromatic rings. The SMILES string of the molecule is CSCC[C@H](NC(=O)[C@H](Cc1ccc(O)cc1)NC(=O)[C@H](Cc1ccc(O)cc1)NC(=O)[C@@H](N)CC(=O)O)C(=O)N[C@@H](CC(=O)O)C(=O)O. The molecule has 0 aromatic heterocycles. The van der Waals surface area contributed by atoms with E-state index in [9.17, 15) is 48.9 Å². The van der Waals surface area contributed by atoms with Gasteiger partial charge in [-0.25, -0.2) is 4.79 Å². The van der Waals surface area contributed by atoms with Gasteiger partial charge >= 0.3 is 17.9 Å². The quantitative estimate of drug-likeness (QED) is 0.0786. The van der Waals surface area contributed by atoms with Crippen LogP contribution in [-0.4, -0.2) is 109 Å². The Morgan fingerprint density at radius 1 is 0.612 bits per heavy atom. The highest BCUT2D eigenvalue weighted by Crippen LogP contribution is 2.14. The number of thioether (sulfide) groups is 1. The Kier molecular flexibility index (Phi) is 15.8. The fourth-order valence-corrected chi connectivity index (χ4v) is 4.88. The highest BCUT2D eigenvalue weighted by Gasteiger charge is 2.33. The maximum atomic E-state index is 13.7. The first-order chi connectivity index (χ1) is 23.1. The number of nitrogens with one attached hydrogen (secondary N) is 4. The number of amides is 4. The van der Waals surface area contributed by atoms with E-state index < -0.39 is 84.6 Å². The lowest BCUT2D eigenvalue weighted by molar-refractivity contribution is -0.147. The van der Waals surface area contributed by atoms with Crippen molar-refractivity contribution in [2.75, 3.05) is 12.0 Å². The van der Waals surface area contributed by atoms with E-state index in [-0.39, 0.29) is 30.8 Å². The van der Waals surface area contributed by atoms with E-state index in [1.165, 1.54) is 60.3 Å². The molecule has 2 rings (SSSR count). The van der Waals surface area contributed by atoms with Gasteiger partial charge in [-0.2, -0.15) is 11.8 Å². The van der Waals surface area contributed by atoms with Crippen LogP contribution in [-0.2, 0) is 46.4 Å². The minimum absolute atomic E-state index is 0.000965. The van der Waals surface area contributed by atoms with Crippen molar-refractivity contribution >= 4 is 53.3 Å². The number of hydrogen-bond donors (Lipinski definition) is 10. The number of benzene rings is 2. The summed E-state index contributed by atoms with van der Waals surface area (Å²) in [5.74, 6) is -8.01. The summed E-state index contributed by atoms with van der Waals surface area (Å²) in [6.07, 6.45) is -0.305. The summed E-state index contributed by atoms with van der Waals surface area (Å²) < 4.78 is 0. The average molecular weight is 706 g/mol. The smallest absolute Gasteiger partial charge is 0.326 e. The molecule has 4 amide bonds. The number of carboxylic acid groups (broad SMARTS) is 3. The summed E-state index contributed by atoms with van der Waals surface area (Å²) in [7, 11) is 0. The first-order valence-corrected chi connectivity index (χ1v) is 16.2. The van der Waals surface area contributed by atoms with E-state index in [0.29, 0.717) is 16.9 Å². The number of phenols is 2. The molecule has 0 saturated heterocycles. The first-order valence-electron chi connectivity index (χ1n) is 14.8. The summed E-state index contributed by atoms with van der Waals surface area (Å²) in [6.45, 7) is 0. The van der Waals surface area contributed by atoms with Crippen LogP contribution in [0.3, 0.4) is 0 Å². The van der Waals surface area contributed by atoms with Crippen LogP contribution in [0.1, 0.15) is 30.4 Å². The number of carboxylic acids is 3. The molecule has 266 valence electrons. The molecule has 0 unspecified atom stereocenters. The van der Waals surface area contributed by atoms with Gasteiger partial charge in [-0.05, 0) is 53.8 Å². The summed E-state index contributed by atoms with van der Waals surface area (Å²) in [5, 5.41) is 56.4. The Morgan fingerprint density at radius 3 is 1.41 bits per heavy atom. The van der Waals surface area contributed by atoms with Crippen LogP contribution in [0.5, 0.6) is 11.5 Å². The maximum absolute atomic E-state index is 13.7. The second-order valence-corrected chi connectivity index (χ2v) is 11.9. The number of aromatic hydroxyl groups is 2. The lowest BCUT2D eigenvalue weighted by Crippen LogP contribution is -2.59. The first kappa shape index (κ1) is 39.8. The topological polar surface area (TPSA) is 295 Å². The third-order valence-electron chi connectivity index (χ3n) is 6.99. The van der Waals surface area contributed by atoms with Crippen LogP contribution in [0.15, 0.2) is 48.5 Å².